The normalized spacial score (nSPS) is 21.6. The van der Waals surface area contributed by atoms with Gasteiger partial charge in [0.25, 0.3) is 5.91 Å². The molecule has 1 saturated carbocycles. The van der Waals surface area contributed by atoms with Crippen LogP contribution in [0, 0.1) is 22.2 Å². The molecule has 40 heavy (non-hydrogen) atoms. The third-order valence-corrected chi connectivity index (χ3v) is 8.60. The van der Waals surface area contributed by atoms with Crippen molar-refractivity contribution in [1.29, 1.82) is 5.26 Å². The van der Waals surface area contributed by atoms with Crippen LogP contribution in [0.25, 0.3) is 0 Å². The van der Waals surface area contributed by atoms with Crippen LogP contribution in [-0.4, -0.2) is 66.6 Å². The number of rotatable bonds is 10. The maximum atomic E-state index is 13.2. The molecule has 1 saturated heterocycles. The van der Waals surface area contributed by atoms with E-state index in [1.54, 1.807) is 24.4 Å². The summed E-state index contributed by atoms with van der Waals surface area (Å²) in [6.07, 6.45) is 3.72. The summed E-state index contributed by atoms with van der Waals surface area (Å²) in [6, 6.07) is 10.8. The third-order valence-electron chi connectivity index (χ3n) is 8.28. The van der Waals surface area contributed by atoms with Gasteiger partial charge < -0.3 is 20.7 Å². The van der Waals surface area contributed by atoms with Crippen LogP contribution in [0.4, 0.5) is 5.82 Å². The zero-order valence-electron chi connectivity index (χ0n) is 23.7. The van der Waals surface area contributed by atoms with Gasteiger partial charge in [-0.1, -0.05) is 39.3 Å². The second kappa shape index (κ2) is 12.0. The quantitative estimate of drug-likeness (QED) is 0.416. The molecule has 2 amide bonds. The van der Waals surface area contributed by atoms with Crippen molar-refractivity contribution in [3.8, 4) is 11.8 Å². The van der Waals surface area contributed by atoms with E-state index in [0.29, 0.717) is 28.3 Å². The summed E-state index contributed by atoms with van der Waals surface area (Å²) < 4.78 is 6.32. The Labute approximate surface area is 241 Å². The lowest BCUT2D eigenvalue weighted by atomic mass is 9.49. The Morgan fingerprint density at radius 1 is 1.12 bits per heavy atom. The lowest BCUT2D eigenvalue weighted by molar-refractivity contribution is -0.164. The fraction of sp³-hybridized carbons (Fsp3) is 0.533. The Kier molecular flexibility index (Phi) is 8.91. The second-order valence-corrected chi connectivity index (χ2v) is 12.4. The second-order valence-electron chi connectivity index (χ2n) is 12.0. The minimum Gasteiger partial charge on any atom is -0.489 e. The van der Waals surface area contributed by atoms with Crippen molar-refractivity contribution >= 4 is 29.2 Å². The van der Waals surface area contributed by atoms with Crippen LogP contribution in [0.1, 0.15) is 62.9 Å². The van der Waals surface area contributed by atoms with Crippen LogP contribution >= 0.6 is 11.6 Å². The smallest absolute Gasteiger partial charge is 0.253 e. The Morgan fingerprint density at radius 3 is 2.40 bits per heavy atom. The van der Waals surface area contributed by atoms with Crippen LogP contribution in [0.15, 0.2) is 36.5 Å². The maximum absolute atomic E-state index is 13.2. The molecule has 1 aliphatic carbocycles. The van der Waals surface area contributed by atoms with Gasteiger partial charge in [-0.05, 0) is 43.7 Å². The number of amides is 2. The number of nitriles is 1. The van der Waals surface area contributed by atoms with E-state index in [2.05, 4.69) is 53.9 Å². The molecule has 1 aromatic carbocycles. The first kappa shape index (κ1) is 29.6. The number of nitrogens with one attached hydrogen (secondary N) is 1. The van der Waals surface area contributed by atoms with Crippen LogP contribution in [0.5, 0.6) is 5.75 Å². The fourth-order valence-electron chi connectivity index (χ4n) is 6.35. The van der Waals surface area contributed by atoms with Gasteiger partial charge in [-0.15, -0.1) is 0 Å². The Hall–Kier alpha value is -3.35. The van der Waals surface area contributed by atoms with Gasteiger partial charge in [-0.2, -0.15) is 5.26 Å². The zero-order chi connectivity index (χ0) is 29.1. The molecular weight excluding hydrogens is 528 g/mol. The van der Waals surface area contributed by atoms with Gasteiger partial charge in [-0.25, -0.2) is 4.98 Å². The molecule has 0 spiro atoms. The number of pyridine rings is 1. The van der Waals surface area contributed by atoms with Crippen LogP contribution < -0.4 is 20.7 Å². The average molecular weight is 567 g/mol. The summed E-state index contributed by atoms with van der Waals surface area (Å²) in [5, 5.41) is 12.7. The molecule has 214 valence electrons. The predicted molar refractivity (Wildman–Crippen MR) is 155 cm³/mol. The number of halogens is 1. The number of hydrogen-bond donors (Lipinski definition) is 2. The molecule has 3 N–H and O–H groups in total. The van der Waals surface area contributed by atoms with Crippen molar-refractivity contribution in [1.82, 2.24) is 15.2 Å². The lowest BCUT2D eigenvalue weighted by Gasteiger charge is -2.63. The van der Waals surface area contributed by atoms with Crippen molar-refractivity contribution in [2.45, 2.75) is 59.1 Å². The number of carbonyl (C=O) groups is 2. The minimum atomic E-state index is -0.341. The molecule has 0 unspecified atom stereocenters. The molecule has 2 aromatic rings. The number of anilines is 1. The highest BCUT2D eigenvalue weighted by Gasteiger charge is 2.64. The highest BCUT2D eigenvalue weighted by Crippen LogP contribution is 2.55. The van der Waals surface area contributed by atoms with Crippen molar-refractivity contribution in [2.75, 3.05) is 37.6 Å². The molecule has 2 aliphatic rings. The SMILES string of the molecule is CC1(C)[C@H](NC(=O)c2ccc(N3CCN(CCCCC(N)=O)CC3)nc2)C(C)(C)[C@H]1Oc1ccc(C#N)c(Cl)c1. The molecule has 0 radical (unpaired) electrons. The number of aromatic nitrogens is 1. The minimum absolute atomic E-state index is 0.123. The van der Waals surface area contributed by atoms with Gasteiger partial charge in [0.1, 0.15) is 23.7 Å². The molecule has 10 heteroatoms. The number of benzene rings is 1. The molecule has 0 bridgehead atoms. The molecule has 0 atom stereocenters. The zero-order valence-corrected chi connectivity index (χ0v) is 24.5. The summed E-state index contributed by atoms with van der Waals surface area (Å²) in [4.78, 5) is 33.3. The van der Waals surface area contributed by atoms with Crippen LogP contribution in [0.2, 0.25) is 5.02 Å². The predicted octanol–water partition coefficient (Wildman–Crippen LogP) is 4.00. The number of hydrogen-bond acceptors (Lipinski definition) is 7. The molecule has 1 aromatic heterocycles. The molecule has 2 fully saturated rings. The first-order valence-corrected chi connectivity index (χ1v) is 14.2. The van der Waals surface area contributed by atoms with E-state index in [1.807, 2.05) is 12.1 Å². The van der Waals surface area contributed by atoms with Crippen LogP contribution in [0.3, 0.4) is 0 Å². The van der Waals surface area contributed by atoms with Crippen LogP contribution in [-0.2, 0) is 4.79 Å². The first-order valence-electron chi connectivity index (χ1n) is 13.8. The number of piperazine rings is 1. The Balaban J connectivity index is 1.30. The average Bonchev–Trinajstić information content (AvgIpc) is 2.92. The number of nitrogens with two attached hydrogens (primary N) is 1. The standard InChI is InChI=1S/C30H39ClN6O3/c1-29(2)27(30(3,4)28(29)40-22-10-8-20(18-32)23(31)17-22)35-26(39)21-9-11-25(34-19-21)37-15-13-36(14-16-37)12-6-5-7-24(33)38/h8-11,17,19,27-28H,5-7,12-16H2,1-4H3,(H2,33,38)(H,35,39)/t27-,28-. The third kappa shape index (κ3) is 6.34. The van der Waals surface area contributed by atoms with E-state index >= 15 is 0 Å². The fourth-order valence-corrected chi connectivity index (χ4v) is 6.57. The maximum Gasteiger partial charge on any atom is 0.253 e. The van der Waals surface area contributed by atoms with Crippen molar-refractivity contribution < 1.29 is 14.3 Å². The van der Waals surface area contributed by atoms with Gasteiger partial charge in [0.15, 0.2) is 0 Å². The molecule has 2 heterocycles. The van der Waals surface area contributed by atoms with Crippen molar-refractivity contribution in [2.24, 2.45) is 16.6 Å². The number of carbonyl (C=O) groups excluding carboxylic acids is 2. The number of ether oxygens (including phenoxy) is 1. The number of unbranched alkanes of at least 4 members (excludes halogenated alkanes) is 1. The monoisotopic (exact) mass is 566 g/mol. The van der Waals surface area contributed by atoms with Gasteiger partial charge in [0.05, 0.1) is 16.1 Å². The summed E-state index contributed by atoms with van der Waals surface area (Å²) >= 11 is 6.20. The lowest BCUT2D eigenvalue weighted by Crippen LogP contribution is -2.74. The summed E-state index contributed by atoms with van der Waals surface area (Å²) in [5.41, 5.74) is 5.46. The van der Waals surface area contributed by atoms with Gasteiger partial charge in [-0.3, -0.25) is 14.5 Å². The van der Waals surface area contributed by atoms with E-state index < -0.39 is 0 Å². The topological polar surface area (TPSA) is 125 Å². The van der Waals surface area contributed by atoms with E-state index in [9.17, 15) is 9.59 Å². The van der Waals surface area contributed by atoms with Gasteiger partial charge in [0.2, 0.25) is 5.91 Å². The van der Waals surface area contributed by atoms with Crippen molar-refractivity contribution in [3.05, 3.63) is 52.7 Å². The first-order chi connectivity index (χ1) is 18.9. The van der Waals surface area contributed by atoms with E-state index in [0.717, 1.165) is 51.4 Å². The Bertz CT molecular complexity index is 1250. The Morgan fingerprint density at radius 2 is 1.82 bits per heavy atom. The van der Waals surface area contributed by atoms with Gasteiger partial charge in [0, 0.05) is 61.7 Å². The molecule has 9 nitrogen and oxygen atoms in total. The molecule has 1 aliphatic heterocycles. The number of nitrogens with zero attached hydrogens (tertiary/aromatic N) is 4. The largest absolute Gasteiger partial charge is 0.489 e. The van der Waals surface area contributed by atoms with Crippen molar-refractivity contribution in [3.63, 3.8) is 0 Å². The molecule has 4 rings (SSSR count). The van der Waals surface area contributed by atoms with Gasteiger partial charge >= 0.3 is 0 Å². The summed E-state index contributed by atoms with van der Waals surface area (Å²) in [7, 11) is 0. The summed E-state index contributed by atoms with van der Waals surface area (Å²) in [6.45, 7) is 12.9. The highest BCUT2D eigenvalue weighted by molar-refractivity contribution is 6.31. The summed E-state index contributed by atoms with van der Waals surface area (Å²) in [5.74, 6) is 1.06. The van der Waals surface area contributed by atoms with E-state index in [-0.39, 0.29) is 34.8 Å². The highest BCUT2D eigenvalue weighted by atomic mass is 35.5. The number of primary amides is 1. The van der Waals surface area contributed by atoms with E-state index in [1.165, 1.54) is 0 Å². The van der Waals surface area contributed by atoms with E-state index in [4.69, 9.17) is 27.3 Å². The molecular formula is C30H39ClN6O3.